The average molecular weight is 303 g/mol. The summed E-state index contributed by atoms with van der Waals surface area (Å²) in [5, 5.41) is 3.42. The predicted octanol–water partition coefficient (Wildman–Crippen LogP) is 2.06. The van der Waals surface area contributed by atoms with Gasteiger partial charge in [-0.1, -0.05) is 45.0 Å². The summed E-state index contributed by atoms with van der Waals surface area (Å²) in [4.78, 5) is 16.9. The molecule has 0 saturated carbocycles. The largest absolute Gasteiger partial charge is 0.332 e. The fraction of sp³-hybridized carbons (Fsp3) is 0.611. The van der Waals surface area contributed by atoms with Gasteiger partial charge in [-0.25, -0.2) is 0 Å². The number of piperazine rings is 1. The van der Waals surface area contributed by atoms with E-state index < -0.39 is 0 Å². The summed E-state index contributed by atoms with van der Waals surface area (Å²) in [5.41, 5.74) is 2.57. The average Bonchev–Trinajstić information content (AvgIpc) is 2.59. The molecule has 22 heavy (non-hydrogen) atoms. The first-order chi connectivity index (χ1) is 10.7. The number of carbonyl (C=O) groups is 1. The molecule has 1 saturated heterocycles. The van der Waals surface area contributed by atoms with E-state index in [0.717, 1.165) is 39.1 Å². The van der Waals surface area contributed by atoms with E-state index in [2.05, 4.69) is 60.2 Å². The Bertz CT molecular complexity index is 468. The predicted molar refractivity (Wildman–Crippen MR) is 90.9 cm³/mol. The lowest BCUT2D eigenvalue weighted by Gasteiger charge is -2.37. The van der Waals surface area contributed by atoms with E-state index in [1.54, 1.807) is 0 Å². The molecule has 122 valence electrons. The van der Waals surface area contributed by atoms with Gasteiger partial charge in [0.1, 0.15) is 0 Å². The van der Waals surface area contributed by atoms with Crippen LogP contribution in [0.25, 0.3) is 0 Å². The quantitative estimate of drug-likeness (QED) is 0.874. The standard InChI is InChI=1S/C18H29N3O/c1-4-15-7-9-16(10-8-15)17-13-19-11-12-21(17)18(22)14-20(5-2)6-3/h7-10,17,19H,4-6,11-14H2,1-3H3. The fourth-order valence-corrected chi connectivity index (χ4v) is 3.01. The van der Waals surface area contributed by atoms with Gasteiger partial charge in [0.2, 0.25) is 5.91 Å². The molecular weight excluding hydrogens is 274 g/mol. The van der Waals surface area contributed by atoms with E-state index in [9.17, 15) is 4.79 Å². The molecule has 0 aromatic heterocycles. The van der Waals surface area contributed by atoms with E-state index in [-0.39, 0.29) is 11.9 Å². The second-order valence-electron chi connectivity index (χ2n) is 5.86. The van der Waals surface area contributed by atoms with Crippen LogP contribution in [0.3, 0.4) is 0 Å². The van der Waals surface area contributed by atoms with E-state index in [4.69, 9.17) is 0 Å². The second kappa shape index (κ2) is 8.30. The number of nitrogens with zero attached hydrogens (tertiary/aromatic N) is 2. The highest BCUT2D eigenvalue weighted by molar-refractivity contribution is 5.79. The summed E-state index contributed by atoms with van der Waals surface area (Å²) in [5.74, 6) is 0.245. The molecule has 4 nitrogen and oxygen atoms in total. The minimum Gasteiger partial charge on any atom is -0.332 e. The van der Waals surface area contributed by atoms with Crippen molar-refractivity contribution in [1.82, 2.24) is 15.1 Å². The highest BCUT2D eigenvalue weighted by Crippen LogP contribution is 2.23. The summed E-state index contributed by atoms with van der Waals surface area (Å²) in [6.07, 6.45) is 1.05. The van der Waals surface area contributed by atoms with Gasteiger partial charge in [-0.3, -0.25) is 9.69 Å². The van der Waals surface area contributed by atoms with Crippen LogP contribution in [0, 0.1) is 0 Å². The molecule has 1 fully saturated rings. The fourth-order valence-electron chi connectivity index (χ4n) is 3.01. The first-order valence-electron chi connectivity index (χ1n) is 8.50. The van der Waals surface area contributed by atoms with Gasteiger partial charge in [0.25, 0.3) is 0 Å². The van der Waals surface area contributed by atoms with Gasteiger partial charge in [0.15, 0.2) is 0 Å². The first-order valence-corrected chi connectivity index (χ1v) is 8.50. The van der Waals surface area contributed by atoms with Gasteiger partial charge in [-0.2, -0.15) is 0 Å². The minimum absolute atomic E-state index is 0.155. The zero-order valence-corrected chi connectivity index (χ0v) is 14.1. The van der Waals surface area contributed by atoms with Crippen molar-refractivity contribution in [3.63, 3.8) is 0 Å². The van der Waals surface area contributed by atoms with Crippen molar-refractivity contribution in [2.45, 2.75) is 33.2 Å². The van der Waals surface area contributed by atoms with Crippen molar-refractivity contribution >= 4 is 5.91 Å². The summed E-state index contributed by atoms with van der Waals surface area (Å²) in [6.45, 7) is 11.3. The van der Waals surface area contributed by atoms with Crippen molar-refractivity contribution in [2.24, 2.45) is 0 Å². The monoisotopic (exact) mass is 303 g/mol. The Kier molecular flexibility index (Phi) is 6.40. The number of benzene rings is 1. The number of likely N-dealkylation sites (N-methyl/N-ethyl adjacent to an activating group) is 1. The molecule has 0 spiro atoms. The molecule has 0 bridgehead atoms. The molecule has 1 aliphatic rings. The number of amides is 1. The molecule has 1 aliphatic heterocycles. The Labute approximate surface area is 134 Å². The van der Waals surface area contributed by atoms with Gasteiger partial charge in [-0.15, -0.1) is 0 Å². The molecule has 1 amide bonds. The van der Waals surface area contributed by atoms with Gasteiger partial charge in [0.05, 0.1) is 12.6 Å². The van der Waals surface area contributed by atoms with Crippen molar-refractivity contribution in [1.29, 1.82) is 0 Å². The lowest BCUT2D eigenvalue weighted by atomic mass is 10.0. The molecule has 1 heterocycles. The smallest absolute Gasteiger partial charge is 0.237 e. The third-order valence-electron chi connectivity index (χ3n) is 4.59. The number of aryl methyl sites for hydroxylation is 1. The van der Waals surface area contributed by atoms with E-state index in [0.29, 0.717) is 6.54 Å². The lowest BCUT2D eigenvalue weighted by Crippen LogP contribution is -2.51. The zero-order valence-electron chi connectivity index (χ0n) is 14.1. The first kappa shape index (κ1) is 17.0. The van der Waals surface area contributed by atoms with Crippen LogP contribution in [0.1, 0.15) is 37.9 Å². The van der Waals surface area contributed by atoms with Crippen molar-refractivity contribution in [2.75, 3.05) is 39.3 Å². The van der Waals surface area contributed by atoms with Crippen LogP contribution < -0.4 is 5.32 Å². The van der Waals surface area contributed by atoms with Crippen LogP contribution >= 0.6 is 0 Å². The summed E-state index contributed by atoms with van der Waals surface area (Å²) in [7, 11) is 0. The summed E-state index contributed by atoms with van der Waals surface area (Å²) in [6, 6.07) is 8.86. The van der Waals surface area contributed by atoms with Crippen LogP contribution in [0.4, 0.5) is 0 Å². The maximum Gasteiger partial charge on any atom is 0.237 e. The molecule has 1 aromatic rings. The van der Waals surface area contributed by atoms with Crippen LogP contribution in [0.5, 0.6) is 0 Å². The minimum atomic E-state index is 0.155. The Balaban J connectivity index is 2.11. The van der Waals surface area contributed by atoms with Crippen molar-refractivity contribution < 1.29 is 4.79 Å². The molecular formula is C18H29N3O. The van der Waals surface area contributed by atoms with Crippen LogP contribution in [0.2, 0.25) is 0 Å². The van der Waals surface area contributed by atoms with E-state index >= 15 is 0 Å². The van der Waals surface area contributed by atoms with Crippen molar-refractivity contribution in [3.8, 4) is 0 Å². The van der Waals surface area contributed by atoms with Gasteiger partial charge >= 0.3 is 0 Å². The Morgan fingerprint density at radius 3 is 2.50 bits per heavy atom. The third-order valence-corrected chi connectivity index (χ3v) is 4.59. The second-order valence-corrected chi connectivity index (χ2v) is 5.86. The topological polar surface area (TPSA) is 35.6 Å². The Morgan fingerprint density at radius 2 is 1.91 bits per heavy atom. The summed E-state index contributed by atoms with van der Waals surface area (Å²) < 4.78 is 0. The lowest BCUT2D eigenvalue weighted by molar-refractivity contribution is -0.135. The van der Waals surface area contributed by atoms with Gasteiger partial charge < -0.3 is 10.2 Å². The molecule has 1 aromatic carbocycles. The normalized spacial score (nSPS) is 18.7. The number of carbonyl (C=O) groups excluding carboxylic acids is 1. The molecule has 0 radical (unpaired) electrons. The molecule has 1 unspecified atom stereocenters. The number of rotatable bonds is 6. The SMILES string of the molecule is CCc1ccc(C2CNCCN2C(=O)CN(CC)CC)cc1. The highest BCUT2D eigenvalue weighted by Gasteiger charge is 2.28. The van der Waals surface area contributed by atoms with Gasteiger partial charge in [-0.05, 0) is 30.6 Å². The zero-order chi connectivity index (χ0) is 15.9. The van der Waals surface area contributed by atoms with Crippen LogP contribution in [-0.4, -0.2) is 55.0 Å². The maximum atomic E-state index is 12.7. The molecule has 0 aliphatic carbocycles. The summed E-state index contributed by atoms with van der Waals surface area (Å²) >= 11 is 0. The third kappa shape index (κ3) is 4.08. The van der Waals surface area contributed by atoms with Crippen LogP contribution in [-0.2, 0) is 11.2 Å². The molecule has 2 rings (SSSR count). The number of hydrogen-bond donors (Lipinski definition) is 1. The highest BCUT2D eigenvalue weighted by atomic mass is 16.2. The maximum absolute atomic E-state index is 12.7. The number of nitrogens with one attached hydrogen (secondary N) is 1. The Morgan fingerprint density at radius 1 is 1.23 bits per heavy atom. The Hall–Kier alpha value is -1.39. The number of hydrogen-bond acceptors (Lipinski definition) is 3. The molecule has 4 heteroatoms. The molecule has 1 atom stereocenters. The van der Waals surface area contributed by atoms with Gasteiger partial charge in [0, 0.05) is 19.6 Å². The van der Waals surface area contributed by atoms with Crippen LogP contribution in [0.15, 0.2) is 24.3 Å². The van der Waals surface area contributed by atoms with Crippen molar-refractivity contribution in [3.05, 3.63) is 35.4 Å². The van der Waals surface area contributed by atoms with E-state index in [1.165, 1.54) is 11.1 Å². The molecule has 1 N–H and O–H groups in total. The van der Waals surface area contributed by atoms with E-state index in [1.807, 2.05) is 0 Å².